The summed E-state index contributed by atoms with van der Waals surface area (Å²) >= 11 is 5.87. The summed E-state index contributed by atoms with van der Waals surface area (Å²) in [5.41, 5.74) is 2.37. The van der Waals surface area contributed by atoms with Gasteiger partial charge in [0.25, 0.3) is 5.91 Å². The zero-order valence-electron chi connectivity index (χ0n) is 14.4. The lowest BCUT2D eigenvalue weighted by Gasteiger charge is -2.21. The molecule has 0 aliphatic heterocycles. The predicted octanol–water partition coefficient (Wildman–Crippen LogP) is 4.94. The molecule has 0 bridgehead atoms. The first-order valence-corrected chi connectivity index (χ1v) is 8.72. The van der Waals surface area contributed by atoms with Crippen LogP contribution in [0.1, 0.15) is 44.4 Å². The Morgan fingerprint density at radius 3 is 2.25 bits per heavy atom. The van der Waals surface area contributed by atoms with Gasteiger partial charge in [0.2, 0.25) is 0 Å². The minimum atomic E-state index is -0.524. The van der Waals surface area contributed by atoms with E-state index in [1.807, 2.05) is 13.8 Å². The molecule has 0 aromatic heterocycles. The van der Waals surface area contributed by atoms with Crippen molar-refractivity contribution in [2.24, 2.45) is 0 Å². The molecule has 0 fully saturated rings. The maximum Gasteiger partial charge on any atom is 0.261 e. The smallest absolute Gasteiger partial charge is 0.261 e. The van der Waals surface area contributed by atoms with E-state index in [0.29, 0.717) is 17.2 Å². The molecule has 128 valence electrons. The van der Waals surface area contributed by atoms with Crippen LogP contribution in [0.25, 0.3) is 0 Å². The fourth-order valence-electron chi connectivity index (χ4n) is 2.43. The standard InChI is InChI=1S/C20H24ClNO2/c1-4-15-6-8-16(9-7-15)14(3)22-20(23)19(5-2)24-18-12-10-17(21)11-13-18/h6-14,19H,4-5H2,1-3H3,(H,22,23)/t14-,19+/m1/s1. The molecule has 1 amide bonds. The van der Waals surface area contributed by atoms with Crippen molar-refractivity contribution in [1.82, 2.24) is 5.32 Å². The van der Waals surface area contributed by atoms with Gasteiger partial charge < -0.3 is 10.1 Å². The highest BCUT2D eigenvalue weighted by atomic mass is 35.5. The second-order valence-corrected chi connectivity index (χ2v) is 6.23. The van der Waals surface area contributed by atoms with Crippen LogP contribution in [0, 0.1) is 0 Å². The molecule has 0 aliphatic carbocycles. The van der Waals surface area contributed by atoms with Crippen LogP contribution >= 0.6 is 11.6 Å². The Morgan fingerprint density at radius 1 is 1.08 bits per heavy atom. The quantitative estimate of drug-likeness (QED) is 0.772. The highest BCUT2D eigenvalue weighted by Crippen LogP contribution is 2.19. The number of amides is 1. The predicted molar refractivity (Wildman–Crippen MR) is 98.5 cm³/mol. The molecule has 3 nitrogen and oxygen atoms in total. The summed E-state index contributed by atoms with van der Waals surface area (Å²) in [7, 11) is 0. The Labute approximate surface area is 149 Å². The van der Waals surface area contributed by atoms with Gasteiger partial charge in [-0.25, -0.2) is 0 Å². The van der Waals surface area contributed by atoms with E-state index in [1.54, 1.807) is 24.3 Å². The Bertz CT molecular complexity index is 652. The van der Waals surface area contributed by atoms with Crippen LogP contribution in [0.15, 0.2) is 48.5 Å². The first kappa shape index (κ1) is 18.3. The van der Waals surface area contributed by atoms with Gasteiger partial charge in [-0.2, -0.15) is 0 Å². The van der Waals surface area contributed by atoms with Gasteiger partial charge in [0.1, 0.15) is 5.75 Å². The van der Waals surface area contributed by atoms with Crippen molar-refractivity contribution in [1.29, 1.82) is 0 Å². The van der Waals surface area contributed by atoms with E-state index in [2.05, 4.69) is 36.5 Å². The fourth-order valence-corrected chi connectivity index (χ4v) is 2.56. The van der Waals surface area contributed by atoms with Gasteiger partial charge in [0.05, 0.1) is 6.04 Å². The summed E-state index contributed by atoms with van der Waals surface area (Å²) in [5.74, 6) is 0.529. The minimum absolute atomic E-state index is 0.0636. The number of rotatable bonds is 7. The van der Waals surface area contributed by atoms with Crippen LogP contribution < -0.4 is 10.1 Å². The number of carbonyl (C=O) groups is 1. The molecule has 0 spiro atoms. The van der Waals surface area contributed by atoms with Crippen LogP contribution in [0.4, 0.5) is 0 Å². The average Bonchev–Trinajstić information content (AvgIpc) is 2.61. The molecule has 0 heterocycles. The number of carbonyl (C=O) groups excluding carboxylic acids is 1. The maximum absolute atomic E-state index is 12.5. The summed E-state index contributed by atoms with van der Waals surface area (Å²) in [5, 5.41) is 3.67. The second-order valence-electron chi connectivity index (χ2n) is 5.79. The molecule has 2 aromatic rings. The third-order valence-corrected chi connectivity index (χ3v) is 4.25. The molecule has 1 N–H and O–H groups in total. The minimum Gasteiger partial charge on any atom is -0.481 e. The van der Waals surface area contributed by atoms with Crippen molar-refractivity contribution in [3.63, 3.8) is 0 Å². The lowest BCUT2D eigenvalue weighted by atomic mass is 10.0. The molecule has 2 rings (SSSR count). The van der Waals surface area contributed by atoms with E-state index in [9.17, 15) is 4.79 Å². The van der Waals surface area contributed by atoms with Crippen LogP contribution in [0.3, 0.4) is 0 Å². The summed E-state index contributed by atoms with van der Waals surface area (Å²) in [4.78, 5) is 12.5. The van der Waals surface area contributed by atoms with Crippen LogP contribution in [-0.4, -0.2) is 12.0 Å². The monoisotopic (exact) mass is 345 g/mol. The number of hydrogen-bond donors (Lipinski definition) is 1. The lowest BCUT2D eigenvalue weighted by molar-refractivity contribution is -0.128. The molecule has 4 heteroatoms. The highest BCUT2D eigenvalue weighted by molar-refractivity contribution is 6.30. The zero-order valence-corrected chi connectivity index (χ0v) is 15.1. The average molecular weight is 346 g/mol. The van der Waals surface area contributed by atoms with Crippen molar-refractivity contribution in [3.05, 3.63) is 64.7 Å². The molecular weight excluding hydrogens is 322 g/mol. The second kappa shape index (κ2) is 8.74. The first-order chi connectivity index (χ1) is 11.5. The van der Waals surface area contributed by atoms with E-state index in [1.165, 1.54) is 5.56 Å². The van der Waals surface area contributed by atoms with Crippen molar-refractivity contribution in [2.45, 2.75) is 45.8 Å². The lowest BCUT2D eigenvalue weighted by Crippen LogP contribution is -2.39. The van der Waals surface area contributed by atoms with Gasteiger partial charge in [0.15, 0.2) is 6.10 Å². The number of aryl methyl sites for hydroxylation is 1. The van der Waals surface area contributed by atoms with Gasteiger partial charge in [-0.3, -0.25) is 4.79 Å². The zero-order chi connectivity index (χ0) is 17.5. The van der Waals surface area contributed by atoms with E-state index < -0.39 is 6.10 Å². The van der Waals surface area contributed by atoms with Crippen molar-refractivity contribution in [3.8, 4) is 5.75 Å². The summed E-state index contributed by atoms with van der Waals surface area (Å²) in [6, 6.07) is 15.3. The first-order valence-electron chi connectivity index (χ1n) is 8.35. The summed E-state index contributed by atoms with van der Waals surface area (Å²) in [6.45, 7) is 6.04. The molecule has 0 saturated carbocycles. The van der Waals surface area contributed by atoms with Crippen molar-refractivity contribution >= 4 is 17.5 Å². The molecular formula is C20H24ClNO2. The van der Waals surface area contributed by atoms with Crippen LogP contribution in [0.2, 0.25) is 5.02 Å². The fraction of sp³-hybridized carbons (Fsp3) is 0.350. The van der Waals surface area contributed by atoms with E-state index in [0.717, 1.165) is 12.0 Å². The number of ether oxygens (including phenoxy) is 1. The molecule has 2 aromatic carbocycles. The largest absolute Gasteiger partial charge is 0.481 e. The van der Waals surface area contributed by atoms with Gasteiger partial charge in [0, 0.05) is 5.02 Å². The highest BCUT2D eigenvalue weighted by Gasteiger charge is 2.20. The van der Waals surface area contributed by atoms with Gasteiger partial charge >= 0.3 is 0 Å². The molecule has 0 radical (unpaired) electrons. The molecule has 0 unspecified atom stereocenters. The van der Waals surface area contributed by atoms with Crippen molar-refractivity contribution < 1.29 is 9.53 Å². The number of benzene rings is 2. The number of nitrogens with one attached hydrogen (secondary N) is 1. The molecule has 2 atom stereocenters. The van der Waals surface area contributed by atoms with Crippen LogP contribution in [-0.2, 0) is 11.2 Å². The Morgan fingerprint density at radius 2 is 1.71 bits per heavy atom. The molecule has 24 heavy (non-hydrogen) atoms. The van der Waals surface area contributed by atoms with E-state index in [4.69, 9.17) is 16.3 Å². The van der Waals surface area contributed by atoms with Crippen LogP contribution in [0.5, 0.6) is 5.75 Å². The number of halogens is 1. The van der Waals surface area contributed by atoms with Gasteiger partial charge in [-0.05, 0) is 55.2 Å². The maximum atomic E-state index is 12.5. The Kier molecular flexibility index (Phi) is 6.68. The SMILES string of the molecule is CCc1ccc([C@@H](C)NC(=O)[C@H](CC)Oc2ccc(Cl)cc2)cc1. The third-order valence-electron chi connectivity index (χ3n) is 4.00. The molecule has 0 aliphatic rings. The Balaban J connectivity index is 1.98. The van der Waals surface area contributed by atoms with E-state index >= 15 is 0 Å². The topological polar surface area (TPSA) is 38.3 Å². The van der Waals surface area contributed by atoms with E-state index in [-0.39, 0.29) is 11.9 Å². The van der Waals surface area contributed by atoms with Gasteiger partial charge in [-0.1, -0.05) is 49.7 Å². The normalized spacial score (nSPS) is 13.2. The van der Waals surface area contributed by atoms with Crippen molar-refractivity contribution in [2.75, 3.05) is 0 Å². The summed E-state index contributed by atoms with van der Waals surface area (Å²) < 4.78 is 5.78. The van der Waals surface area contributed by atoms with Gasteiger partial charge in [-0.15, -0.1) is 0 Å². The third kappa shape index (κ3) is 5.00. The number of hydrogen-bond acceptors (Lipinski definition) is 2. The Hall–Kier alpha value is -2.00. The summed E-state index contributed by atoms with van der Waals surface area (Å²) in [6.07, 6.45) is 1.08. The molecule has 0 saturated heterocycles.